The minimum atomic E-state index is -4.54. The molecule has 134 valence electrons. The van der Waals surface area contributed by atoms with E-state index in [-0.39, 0.29) is 31.4 Å². The Morgan fingerprint density at radius 3 is 2.68 bits per heavy atom. The Balaban J connectivity index is 1.57. The molecule has 7 nitrogen and oxygen atoms in total. The molecule has 25 heavy (non-hydrogen) atoms. The SMILES string of the molecule is O=C(c1n[nH]c2c1CCCCC2)N1CCn2c(nnc2C(F)(F)F)C1. The van der Waals surface area contributed by atoms with E-state index in [1.165, 1.54) is 4.90 Å². The number of nitrogens with one attached hydrogen (secondary N) is 1. The number of hydrogen-bond acceptors (Lipinski definition) is 4. The van der Waals surface area contributed by atoms with Crippen molar-refractivity contribution in [2.75, 3.05) is 6.54 Å². The normalized spacial score (nSPS) is 17.8. The molecule has 2 aromatic rings. The first-order chi connectivity index (χ1) is 11.9. The van der Waals surface area contributed by atoms with E-state index in [2.05, 4.69) is 20.4 Å². The lowest BCUT2D eigenvalue weighted by Crippen LogP contribution is -2.39. The third kappa shape index (κ3) is 2.79. The van der Waals surface area contributed by atoms with Gasteiger partial charge in [-0.25, -0.2) is 0 Å². The smallest absolute Gasteiger partial charge is 0.328 e. The standard InChI is InChI=1S/C15H17F3N6O/c16-15(17,18)14-22-20-11-8-23(6-7-24(11)14)13(25)12-9-4-2-1-3-5-10(9)19-21-12/h1-8H2,(H,19,21). The van der Waals surface area contributed by atoms with Gasteiger partial charge in [-0.05, 0) is 25.7 Å². The van der Waals surface area contributed by atoms with E-state index in [1.807, 2.05) is 0 Å². The van der Waals surface area contributed by atoms with E-state index in [0.29, 0.717) is 5.69 Å². The fourth-order valence-corrected chi connectivity index (χ4v) is 3.53. The Kier molecular flexibility index (Phi) is 3.77. The van der Waals surface area contributed by atoms with E-state index in [0.717, 1.165) is 47.9 Å². The molecule has 0 spiro atoms. The first-order valence-corrected chi connectivity index (χ1v) is 8.30. The van der Waals surface area contributed by atoms with Crippen LogP contribution in [0.5, 0.6) is 0 Å². The van der Waals surface area contributed by atoms with Crippen LogP contribution in [0.4, 0.5) is 13.2 Å². The molecule has 1 aliphatic heterocycles. The number of hydrogen-bond donors (Lipinski definition) is 1. The number of halogens is 3. The van der Waals surface area contributed by atoms with Gasteiger partial charge >= 0.3 is 6.18 Å². The number of alkyl halides is 3. The molecule has 0 radical (unpaired) electrons. The van der Waals surface area contributed by atoms with Gasteiger partial charge in [-0.15, -0.1) is 10.2 Å². The third-order valence-electron chi connectivity index (χ3n) is 4.80. The highest BCUT2D eigenvalue weighted by Crippen LogP contribution is 2.30. The van der Waals surface area contributed by atoms with Crippen LogP contribution in [-0.2, 0) is 32.1 Å². The Morgan fingerprint density at radius 2 is 1.88 bits per heavy atom. The monoisotopic (exact) mass is 354 g/mol. The summed E-state index contributed by atoms with van der Waals surface area (Å²) in [5.41, 5.74) is 2.34. The summed E-state index contributed by atoms with van der Waals surface area (Å²) < 4.78 is 39.7. The minimum absolute atomic E-state index is 0.00352. The summed E-state index contributed by atoms with van der Waals surface area (Å²) in [7, 11) is 0. The second-order valence-electron chi connectivity index (χ2n) is 6.41. The van der Waals surface area contributed by atoms with Gasteiger partial charge in [-0.3, -0.25) is 9.89 Å². The highest BCUT2D eigenvalue weighted by atomic mass is 19.4. The zero-order chi connectivity index (χ0) is 17.6. The number of nitrogens with zero attached hydrogens (tertiary/aromatic N) is 5. The molecule has 2 aromatic heterocycles. The Labute approximate surface area is 141 Å². The number of aromatic nitrogens is 5. The van der Waals surface area contributed by atoms with E-state index < -0.39 is 12.0 Å². The van der Waals surface area contributed by atoms with Crippen LogP contribution in [0, 0.1) is 0 Å². The van der Waals surface area contributed by atoms with Crippen LogP contribution in [0.1, 0.15) is 52.7 Å². The van der Waals surface area contributed by atoms with Crippen molar-refractivity contribution in [3.05, 3.63) is 28.6 Å². The van der Waals surface area contributed by atoms with Crippen LogP contribution >= 0.6 is 0 Å². The molecule has 0 fully saturated rings. The average Bonchev–Trinajstić information content (AvgIpc) is 3.11. The molecule has 0 saturated heterocycles. The van der Waals surface area contributed by atoms with E-state index >= 15 is 0 Å². The molecule has 0 bridgehead atoms. The molecular weight excluding hydrogens is 337 g/mol. The van der Waals surface area contributed by atoms with Gasteiger partial charge in [0.05, 0.1) is 6.54 Å². The van der Waals surface area contributed by atoms with Gasteiger partial charge < -0.3 is 9.47 Å². The first kappa shape index (κ1) is 16.1. The molecule has 3 heterocycles. The number of carbonyl (C=O) groups excluding carboxylic acids is 1. The van der Waals surface area contributed by atoms with Crippen LogP contribution in [0.15, 0.2) is 0 Å². The molecule has 1 aliphatic carbocycles. The van der Waals surface area contributed by atoms with Gasteiger partial charge in [0.25, 0.3) is 5.91 Å². The van der Waals surface area contributed by atoms with Crippen molar-refractivity contribution >= 4 is 5.91 Å². The fourth-order valence-electron chi connectivity index (χ4n) is 3.53. The van der Waals surface area contributed by atoms with Crippen molar-refractivity contribution < 1.29 is 18.0 Å². The van der Waals surface area contributed by atoms with E-state index in [1.54, 1.807) is 0 Å². The molecule has 1 amide bonds. The van der Waals surface area contributed by atoms with Crippen molar-refractivity contribution in [2.45, 2.75) is 51.4 Å². The van der Waals surface area contributed by atoms with Crippen LogP contribution < -0.4 is 0 Å². The highest BCUT2D eigenvalue weighted by molar-refractivity contribution is 5.94. The number of aromatic amines is 1. The van der Waals surface area contributed by atoms with Gasteiger partial charge in [-0.2, -0.15) is 18.3 Å². The molecule has 0 saturated carbocycles. The minimum Gasteiger partial charge on any atom is -0.328 e. The maximum Gasteiger partial charge on any atom is 0.451 e. The number of amides is 1. The lowest BCUT2D eigenvalue weighted by molar-refractivity contribution is -0.147. The van der Waals surface area contributed by atoms with Gasteiger partial charge in [-0.1, -0.05) is 6.42 Å². The van der Waals surface area contributed by atoms with E-state index in [4.69, 9.17) is 0 Å². The molecule has 0 atom stereocenters. The first-order valence-electron chi connectivity index (χ1n) is 8.30. The maximum absolute atomic E-state index is 12.9. The van der Waals surface area contributed by atoms with Crippen molar-refractivity contribution in [1.82, 2.24) is 29.9 Å². The van der Waals surface area contributed by atoms with Crippen molar-refractivity contribution in [3.63, 3.8) is 0 Å². The zero-order valence-corrected chi connectivity index (χ0v) is 13.4. The number of carbonyl (C=O) groups is 1. The lowest BCUT2D eigenvalue weighted by atomic mass is 10.1. The fraction of sp³-hybridized carbons (Fsp3) is 0.600. The molecule has 0 aromatic carbocycles. The predicted molar refractivity (Wildman–Crippen MR) is 79.6 cm³/mol. The Bertz CT molecular complexity index is 809. The molecule has 10 heteroatoms. The molecular formula is C15H17F3N6O. The van der Waals surface area contributed by atoms with Crippen molar-refractivity contribution in [2.24, 2.45) is 0 Å². The van der Waals surface area contributed by atoms with Gasteiger partial charge in [0, 0.05) is 24.3 Å². The lowest BCUT2D eigenvalue weighted by Gasteiger charge is -2.27. The van der Waals surface area contributed by atoms with Crippen LogP contribution in [0.2, 0.25) is 0 Å². The predicted octanol–water partition coefficient (Wildman–Crippen LogP) is 1.94. The van der Waals surface area contributed by atoms with Crippen LogP contribution in [0.3, 0.4) is 0 Å². The summed E-state index contributed by atoms with van der Waals surface area (Å²) in [5.74, 6) is -1.13. The van der Waals surface area contributed by atoms with Crippen LogP contribution in [-0.4, -0.2) is 42.3 Å². The van der Waals surface area contributed by atoms with Crippen molar-refractivity contribution in [1.29, 1.82) is 0 Å². The zero-order valence-electron chi connectivity index (χ0n) is 13.4. The maximum atomic E-state index is 12.9. The molecule has 0 unspecified atom stereocenters. The largest absolute Gasteiger partial charge is 0.451 e. The summed E-state index contributed by atoms with van der Waals surface area (Å²) in [6, 6.07) is 0. The quantitative estimate of drug-likeness (QED) is 0.794. The second-order valence-corrected chi connectivity index (χ2v) is 6.41. The Morgan fingerprint density at radius 1 is 1.08 bits per heavy atom. The topological polar surface area (TPSA) is 79.7 Å². The Hall–Kier alpha value is -2.39. The summed E-state index contributed by atoms with van der Waals surface area (Å²) >= 11 is 0. The summed E-state index contributed by atoms with van der Waals surface area (Å²) in [5, 5.41) is 14.0. The summed E-state index contributed by atoms with van der Waals surface area (Å²) in [6.45, 7) is 0.202. The van der Waals surface area contributed by atoms with Crippen molar-refractivity contribution in [3.8, 4) is 0 Å². The number of fused-ring (bicyclic) bond motifs is 2. The van der Waals surface area contributed by atoms with E-state index in [9.17, 15) is 18.0 Å². The number of rotatable bonds is 1. The summed E-state index contributed by atoms with van der Waals surface area (Å²) in [6.07, 6.45) is 0.320. The molecule has 1 N–H and O–H groups in total. The van der Waals surface area contributed by atoms with Crippen LogP contribution in [0.25, 0.3) is 0 Å². The van der Waals surface area contributed by atoms with Gasteiger partial charge in [0.15, 0.2) is 11.5 Å². The summed E-state index contributed by atoms with van der Waals surface area (Å²) in [4.78, 5) is 14.3. The number of aryl methyl sites for hydroxylation is 1. The second kappa shape index (κ2) is 5.85. The highest BCUT2D eigenvalue weighted by Gasteiger charge is 2.40. The molecule has 2 aliphatic rings. The number of H-pyrrole nitrogens is 1. The molecule has 4 rings (SSSR count). The van der Waals surface area contributed by atoms with Gasteiger partial charge in [0.1, 0.15) is 0 Å². The average molecular weight is 354 g/mol. The third-order valence-corrected chi connectivity index (χ3v) is 4.80. The van der Waals surface area contributed by atoms with Gasteiger partial charge in [0.2, 0.25) is 5.82 Å².